The topological polar surface area (TPSA) is 96.0 Å². The molecule has 19 heavy (non-hydrogen) atoms. The smallest absolute Gasteiger partial charge is 0.252 e. The summed E-state index contributed by atoms with van der Waals surface area (Å²) in [5.74, 6) is -2.30. The van der Waals surface area contributed by atoms with Crippen LogP contribution in [-0.2, 0) is 4.79 Å². The summed E-state index contributed by atoms with van der Waals surface area (Å²) in [5.41, 5.74) is 5.28. The van der Waals surface area contributed by atoms with Crippen LogP contribution in [0.4, 0.5) is 4.39 Å². The Morgan fingerprint density at radius 1 is 1.53 bits per heavy atom. The fourth-order valence-corrected chi connectivity index (χ4v) is 1.61. The number of carbonyl (C=O) groups excluding carboxylic acids is 2. The first-order valence-corrected chi connectivity index (χ1v) is 5.68. The molecule has 0 bridgehead atoms. The van der Waals surface area contributed by atoms with Crippen LogP contribution in [0.3, 0.4) is 0 Å². The molecule has 3 N–H and O–H groups in total. The van der Waals surface area contributed by atoms with E-state index >= 15 is 0 Å². The van der Waals surface area contributed by atoms with Gasteiger partial charge in [0.25, 0.3) is 5.91 Å². The number of nitrogens with two attached hydrogens (primary N) is 1. The molecule has 0 saturated heterocycles. The van der Waals surface area contributed by atoms with Gasteiger partial charge >= 0.3 is 0 Å². The van der Waals surface area contributed by atoms with Crippen molar-refractivity contribution in [2.75, 3.05) is 0 Å². The van der Waals surface area contributed by atoms with Gasteiger partial charge in [-0.25, -0.2) is 4.39 Å². The SMILES string of the molecule is C[C@H](CC#N)[C@@H](NC(=O)c1cccc(F)c1)C(N)=O. The molecule has 6 heteroatoms. The maximum atomic E-state index is 13.0. The fourth-order valence-electron chi connectivity index (χ4n) is 1.61. The highest BCUT2D eigenvalue weighted by Gasteiger charge is 2.25. The molecule has 0 aliphatic rings. The summed E-state index contributed by atoms with van der Waals surface area (Å²) in [6, 6.07) is 6.02. The lowest BCUT2D eigenvalue weighted by Crippen LogP contribution is -2.48. The Kier molecular flexibility index (Phi) is 5.01. The highest BCUT2D eigenvalue weighted by Crippen LogP contribution is 2.09. The van der Waals surface area contributed by atoms with Gasteiger partial charge in [-0.3, -0.25) is 9.59 Å². The summed E-state index contributed by atoms with van der Waals surface area (Å²) in [6.07, 6.45) is 0.0804. The third-order valence-electron chi connectivity index (χ3n) is 2.66. The zero-order valence-electron chi connectivity index (χ0n) is 10.4. The molecular weight excluding hydrogens is 249 g/mol. The molecule has 0 saturated carbocycles. The van der Waals surface area contributed by atoms with Gasteiger partial charge in [0.15, 0.2) is 0 Å². The van der Waals surface area contributed by atoms with E-state index in [0.29, 0.717) is 0 Å². The molecule has 0 aliphatic carbocycles. The molecule has 5 nitrogen and oxygen atoms in total. The number of nitriles is 1. The van der Waals surface area contributed by atoms with Crippen LogP contribution in [0.1, 0.15) is 23.7 Å². The van der Waals surface area contributed by atoms with Crippen molar-refractivity contribution >= 4 is 11.8 Å². The van der Waals surface area contributed by atoms with Crippen molar-refractivity contribution < 1.29 is 14.0 Å². The van der Waals surface area contributed by atoms with Crippen molar-refractivity contribution in [3.05, 3.63) is 35.6 Å². The van der Waals surface area contributed by atoms with E-state index in [1.54, 1.807) is 6.92 Å². The highest BCUT2D eigenvalue weighted by atomic mass is 19.1. The van der Waals surface area contributed by atoms with Gasteiger partial charge in [-0.1, -0.05) is 13.0 Å². The largest absolute Gasteiger partial charge is 0.368 e. The minimum absolute atomic E-state index is 0.0804. The maximum absolute atomic E-state index is 13.0. The summed E-state index contributed by atoms with van der Waals surface area (Å²) in [6.45, 7) is 1.63. The Balaban J connectivity index is 2.83. The lowest BCUT2D eigenvalue weighted by Gasteiger charge is -2.20. The first-order chi connectivity index (χ1) is 8.95. The molecule has 1 aromatic carbocycles. The van der Waals surface area contributed by atoms with Gasteiger partial charge in [0.1, 0.15) is 11.9 Å². The van der Waals surface area contributed by atoms with Crippen LogP contribution in [0.25, 0.3) is 0 Å². The molecule has 2 atom stereocenters. The van der Waals surface area contributed by atoms with E-state index in [4.69, 9.17) is 11.0 Å². The lowest BCUT2D eigenvalue weighted by atomic mass is 9.98. The van der Waals surface area contributed by atoms with Crippen LogP contribution >= 0.6 is 0 Å². The van der Waals surface area contributed by atoms with E-state index in [1.165, 1.54) is 18.2 Å². The Morgan fingerprint density at radius 2 is 2.21 bits per heavy atom. The second kappa shape index (κ2) is 6.50. The number of amides is 2. The molecule has 1 aromatic rings. The average molecular weight is 263 g/mol. The molecular formula is C13H14FN3O2. The van der Waals surface area contributed by atoms with E-state index in [-0.39, 0.29) is 12.0 Å². The molecule has 100 valence electrons. The number of hydrogen-bond donors (Lipinski definition) is 2. The van der Waals surface area contributed by atoms with Crippen LogP contribution in [0.15, 0.2) is 24.3 Å². The van der Waals surface area contributed by atoms with E-state index < -0.39 is 29.6 Å². The number of carbonyl (C=O) groups is 2. The van der Waals surface area contributed by atoms with Gasteiger partial charge in [0, 0.05) is 12.0 Å². The summed E-state index contributed by atoms with van der Waals surface area (Å²) >= 11 is 0. The van der Waals surface area contributed by atoms with Crippen LogP contribution in [0.5, 0.6) is 0 Å². The Bertz CT molecular complexity index is 525. The second-order valence-electron chi connectivity index (χ2n) is 4.20. The molecule has 0 fully saturated rings. The molecule has 2 amide bonds. The summed E-state index contributed by atoms with van der Waals surface area (Å²) < 4.78 is 13.0. The number of primary amides is 1. The predicted octanol–water partition coefficient (Wildman–Crippen LogP) is 0.959. The van der Waals surface area contributed by atoms with Gasteiger partial charge in [0.05, 0.1) is 6.07 Å². The minimum Gasteiger partial charge on any atom is -0.368 e. The van der Waals surface area contributed by atoms with Gasteiger partial charge in [-0.2, -0.15) is 5.26 Å². The molecule has 0 spiro atoms. The molecule has 1 rings (SSSR count). The first kappa shape index (κ1) is 14.6. The maximum Gasteiger partial charge on any atom is 0.252 e. The van der Waals surface area contributed by atoms with Crippen molar-refractivity contribution in [2.24, 2.45) is 11.7 Å². The zero-order chi connectivity index (χ0) is 14.4. The molecule has 0 unspecified atom stereocenters. The number of nitrogens with one attached hydrogen (secondary N) is 1. The number of halogens is 1. The number of hydrogen-bond acceptors (Lipinski definition) is 3. The predicted molar refractivity (Wildman–Crippen MR) is 66.2 cm³/mol. The second-order valence-corrected chi connectivity index (χ2v) is 4.20. The van der Waals surface area contributed by atoms with E-state index in [2.05, 4.69) is 5.32 Å². The van der Waals surface area contributed by atoms with Crippen LogP contribution in [0.2, 0.25) is 0 Å². The van der Waals surface area contributed by atoms with E-state index in [1.807, 2.05) is 6.07 Å². The summed E-state index contributed by atoms with van der Waals surface area (Å²) in [5, 5.41) is 11.0. The Morgan fingerprint density at radius 3 is 2.74 bits per heavy atom. The van der Waals surface area contributed by atoms with Gasteiger partial charge in [0.2, 0.25) is 5.91 Å². The van der Waals surface area contributed by atoms with E-state index in [9.17, 15) is 14.0 Å². The lowest BCUT2D eigenvalue weighted by molar-refractivity contribution is -0.120. The van der Waals surface area contributed by atoms with Crippen LogP contribution in [-0.4, -0.2) is 17.9 Å². The van der Waals surface area contributed by atoms with Crippen molar-refractivity contribution in [1.82, 2.24) is 5.32 Å². The van der Waals surface area contributed by atoms with Gasteiger partial charge in [-0.15, -0.1) is 0 Å². The van der Waals surface area contributed by atoms with E-state index in [0.717, 1.165) is 6.07 Å². The normalized spacial score (nSPS) is 13.1. The van der Waals surface area contributed by atoms with Crippen molar-refractivity contribution in [3.8, 4) is 6.07 Å². The van der Waals surface area contributed by atoms with Gasteiger partial charge < -0.3 is 11.1 Å². The summed E-state index contributed by atoms with van der Waals surface area (Å²) in [4.78, 5) is 23.1. The summed E-state index contributed by atoms with van der Waals surface area (Å²) in [7, 11) is 0. The number of benzene rings is 1. The monoisotopic (exact) mass is 263 g/mol. The van der Waals surface area contributed by atoms with Crippen molar-refractivity contribution in [2.45, 2.75) is 19.4 Å². The quantitative estimate of drug-likeness (QED) is 0.828. The average Bonchev–Trinajstić information content (AvgIpc) is 2.35. The Hall–Kier alpha value is -2.42. The van der Waals surface area contributed by atoms with Crippen LogP contribution in [0, 0.1) is 23.1 Å². The fraction of sp³-hybridized carbons (Fsp3) is 0.308. The molecule has 0 radical (unpaired) electrons. The minimum atomic E-state index is -0.963. The molecule has 0 aromatic heterocycles. The Labute approximate surface area is 110 Å². The number of nitrogens with zero attached hydrogens (tertiary/aromatic N) is 1. The standard InChI is InChI=1S/C13H14FN3O2/c1-8(5-6-15)11(12(16)18)17-13(19)9-3-2-4-10(14)7-9/h2-4,7-8,11H,5H2,1H3,(H2,16,18)(H,17,19)/t8-,11-/m1/s1. The van der Waals surface area contributed by atoms with Crippen LogP contribution < -0.4 is 11.1 Å². The van der Waals surface area contributed by atoms with Crippen molar-refractivity contribution in [3.63, 3.8) is 0 Å². The van der Waals surface area contributed by atoms with Gasteiger partial charge in [-0.05, 0) is 24.1 Å². The zero-order valence-corrected chi connectivity index (χ0v) is 10.4. The molecule has 0 heterocycles. The number of rotatable bonds is 5. The third-order valence-corrected chi connectivity index (χ3v) is 2.66. The molecule has 0 aliphatic heterocycles. The van der Waals surface area contributed by atoms with Crippen molar-refractivity contribution in [1.29, 1.82) is 5.26 Å². The first-order valence-electron chi connectivity index (χ1n) is 5.68. The third kappa shape index (κ3) is 4.07. The highest BCUT2D eigenvalue weighted by molar-refractivity contribution is 5.97.